The monoisotopic (exact) mass is 1240 g/mol. The van der Waals surface area contributed by atoms with Crippen LogP contribution in [0, 0.1) is 5.92 Å². The third kappa shape index (κ3) is 12.8. The first-order valence-corrected chi connectivity index (χ1v) is 29.7. The fourth-order valence-electron chi connectivity index (χ4n) is 9.07. The molecule has 0 saturated carbocycles. The maximum absolute atomic E-state index is 13.6. The molecule has 9 rings (SSSR count). The topological polar surface area (TPSA) is 583 Å². The Morgan fingerprint density at radius 1 is 0.780 bits per heavy atom. The minimum atomic E-state index is -6.26. The van der Waals surface area contributed by atoms with E-state index in [0.717, 1.165) is 30.7 Å². The van der Waals surface area contributed by atoms with Crippen LogP contribution in [0.2, 0.25) is 0 Å². The molecular weight excluding hydrogens is 1190 g/mol. The number of nitrogens with zero attached hydrogens (tertiary/aromatic N) is 10. The summed E-state index contributed by atoms with van der Waals surface area (Å²) in [6.45, 7) is -2.14. The molecule has 0 aliphatic carbocycles. The Bertz CT molecular complexity index is 3680. The Morgan fingerprint density at radius 2 is 1.40 bits per heavy atom. The number of aryl methyl sites for hydroxylation is 1. The van der Waals surface area contributed by atoms with Crippen LogP contribution in [0.5, 0.6) is 0 Å². The van der Waals surface area contributed by atoms with Gasteiger partial charge >= 0.3 is 35.2 Å². The van der Waals surface area contributed by atoms with Gasteiger partial charge in [0.15, 0.2) is 41.4 Å². The smallest absolute Gasteiger partial charge is 0.490 e. The number of nitrogens with two attached hydrogens (primary N) is 3. The number of phosphoric acid groups is 4. The van der Waals surface area contributed by atoms with E-state index in [2.05, 4.69) is 53.8 Å². The summed E-state index contributed by atoms with van der Waals surface area (Å²) in [5.74, 6) is -1.99. The van der Waals surface area contributed by atoms with E-state index < -0.39 is 148 Å². The van der Waals surface area contributed by atoms with Crippen molar-refractivity contribution < 1.29 is 113 Å². The summed E-state index contributed by atoms with van der Waals surface area (Å²) in [5, 5.41) is 35.7. The zero-order valence-electron chi connectivity index (χ0n) is 42.4. The minimum Gasteiger partial charge on any atom is -0.756 e. The molecule has 82 heavy (non-hydrogen) atoms. The first kappa shape index (κ1) is 60.7. The Kier molecular flexibility index (Phi) is 17.5. The highest BCUT2D eigenvalue weighted by Crippen LogP contribution is 2.68. The molecule has 1 amide bonds. The molecule has 6 aromatic heterocycles. The Balaban J connectivity index is 0.876. The van der Waals surface area contributed by atoms with E-state index in [-0.39, 0.29) is 57.8 Å². The number of hydrogen-bond donors (Lipinski definition) is 12. The summed E-state index contributed by atoms with van der Waals surface area (Å²) < 4.78 is 115. The Labute approximate surface area is 456 Å². The van der Waals surface area contributed by atoms with Crippen LogP contribution >= 0.6 is 31.3 Å². The van der Waals surface area contributed by atoms with Crippen LogP contribution in [0.3, 0.4) is 0 Å². The second kappa shape index (κ2) is 23.7. The van der Waals surface area contributed by atoms with Gasteiger partial charge in [-0.25, -0.2) is 43.0 Å². The van der Waals surface area contributed by atoms with Crippen molar-refractivity contribution in [3.8, 4) is 0 Å². The van der Waals surface area contributed by atoms with Gasteiger partial charge < -0.3 is 90.1 Å². The number of alkyl carbamates (subject to hydrolysis) is 1. The maximum Gasteiger partial charge on any atom is 0.490 e. The molecule has 41 nitrogen and oxygen atoms in total. The number of nitrogens with one attached hydrogen (secondary N) is 3. The molecule has 3 fully saturated rings. The average molecular weight is 1240 g/mol. The molecular formula is C37H52N16O25P4. The van der Waals surface area contributed by atoms with Crippen LogP contribution in [-0.2, 0) is 75.7 Å². The van der Waals surface area contributed by atoms with Crippen molar-refractivity contribution in [2.75, 3.05) is 57.3 Å². The van der Waals surface area contributed by atoms with Crippen LogP contribution in [0.15, 0.2) is 34.9 Å². The van der Waals surface area contributed by atoms with Gasteiger partial charge in [-0.2, -0.15) is 13.6 Å². The number of nitrogen functional groups attached to an aromatic ring is 3. The highest BCUT2D eigenvalue weighted by Gasteiger charge is 2.53. The number of rotatable bonds is 23. The van der Waals surface area contributed by atoms with Crippen molar-refractivity contribution in [3.05, 3.63) is 46.0 Å². The van der Waals surface area contributed by atoms with E-state index in [1.54, 1.807) is 6.92 Å². The standard InChI is InChI=1S/C37H52N16O25P4/c1-4-5-69-37(59)41-6-14-15(73-32(21(14)54)53-13-50(2)20-29(53)47-36(40)49-31(20)58)7-71-80(62,63)77-82(66,67)78-81(64,65)72-9-17-24(25(68-3)34(75-17)51-11-44-18-26(38)42-10-43-27(18)51)76-79(60,61)70-8-16-22(55)23(56)33(74-16)52-12-45-19-28(52)46-35(39)48-30(19)57/h10-17,21-25,32-34,54-56H,4-9H2,1-3H3,(H12-,38,39,40,41,42,43,46,47,48,49,57,58,59,60,61,62,63,64,65,66,67)/t14-,15-,16-,17-,21-,22-,23-,24-,25-,32-,33-,34-/m1/s1. The Hall–Kier alpha value is -5.84. The highest BCUT2D eigenvalue weighted by atomic mass is 31.3. The molecule has 0 spiro atoms. The van der Waals surface area contributed by atoms with Gasteiger partial charge in [0.25, 0.3) is 24.9 Å². The van der Waals surface area contributed by atoms with Gasteiger partial charge in [0.05, 0.1) is 52.2 Å². The quantitative estimate of drug-likeness (QED) is 0.0215. The number of carbonyl (C=O) groups is 1. The Morgan fingerprint density at radius 3 is 2.09 bits per heavy atom. The number of amides is 1. The number of ether oxygens (including phenoxy) is 5. The first-order valence-electron chi connectivity index (χ1n) is 23.8. The predicted octanol–water partition coefficient (Wildman–Crippen LogP) is -3.95. The number of anilines is 3. The van der Waals surface area contributed by atoms with Crippen LogP contribution in [0.25, 0.3) is 33.5 Å². The maximum atomic E-state index is 13.6. The second-order valence-electron chi connectivity index (χ2n) is 18.1. The lowest BCUT2D eigenvalue weighted by Gasteiger charge is -2.31. The number of fused-ring (bicyclic) bond motifs is 3. The molecule has 4 unspecified atom stereocenters. The zero-order valence-corrected chi connectivity index (χ0v) is 46.0. The molecule has 0 radical (unpaired) electrons. The summed E-state index contributed by atoms with van der Waals surface area (Å²) in [6, 6.07) is 0. The molecule has 6 aromatic rings. The van der Waals surface area contributed by atoms with E-state index in [1.165, 1.54) is 27.1 Å². The number of aliphatic hydroxyl groups is 3. The molecule has 3 aliphatic rings. The van der Waals surface area contributed by atoms with Gasteiger partial charge in [-0.1, -0.05) is 11.9 Å². The van der Waals surface area contributed by atoms with Gasteiger partial charge in [-0.15, -0.1) is 0 Å². The van der Waals surface area contributed by atoms with Crippen molar-refractivity contribution in [2.24, 2.45) is 13.0 Å². The lowest BCUT2D eigenvalue weighted by Crippen LogP contribution is -2.46. The predicted molar refractivity (Wildman–Crippen MR) is 264 cm³/mol. The van der Waals surface area contributed by atoms with Crippen molar-refractivity contribution in [1.82, 2.24) is 58.9 Å². The third-order valence-electron chi connectivity index (χ3n) is 12.7. The number of aromatic nitrogens is 12. The lowest BCUT2D eigenvalue weighted by molar-refractivity contribution is -0.745. The van der Waals surface area contributed by atoms with Crippen LogP contribution in [0.4, 0.5) is 22.5 Å². The number of hydrogen-bond acceptors (Lipinski definition) is 31. The molecule has 45 heteroatoms. The number of phosphoric ester groups is 3. The summed E-state index contributed by atoms with van der Waals surface area (Å²) in [5.41, 5.74) is 15.5. The summed E-state index contributed by atoms with van der Waals surface area (Å²) >= 11 is 0. The molecule has 0 aromatic carbocycles. The molecule has 450 valence electrons. The molecule has 15 N–H and O–H groups in total. The SMILES string of the molecule is CCCOC(=O)NC[C@H]1[C@@H](O)[C@H]([n+]2cn(C)c3c(=O)[nH]c(N)nc32)O[C@@H]1COP(=O)(O)OP(=O)(O)OP(=O)(O)OC[C@H]1O[C@@H](n2cnc3c(N)ncnc32)[C@H](OC)[C@@H]1OP(=O)([O-])OC[C@H]1O[C@@H](n2cnc3c(=O)[nH]c(N)nc32)[C@H](O)[C@@H]1O. The van der Waals surface area contributed by atoms with Gasteiger partial charge in [0, 0.05) is 19.6 Å². The number of aromatic amines is 2. The van der Waals surface area contributed by atoms with E-state index >= 15 is 0 Å². The van der Waals surface area contributed by atoms with E-state index in [4.69, 9.17) is 59.0 Å². The zero-order chi connectivity index (χ0) is 59.4. The van der Waals surface area contributed by atoms with E-state index in [0.29, 0.717) is 6.42 Å². The summed E-state index contributed by atoms with van der Waals surface area (Å²) in [4.78, 5) is 112. The lowest BCUT2D eigenvalue weighted by atomic mass is 9.98. The normalized spacial score (nSPS) is 28.8. The van der Waals surface area contributed by atoms with Gasteiger partial charge in [-0.3, -0.25) is 46.9 Å². The first-order chi connectivity index (χ1) is 38.6. The van der Waals surface area contributed by atoms with Crippen molar-refractivity contribution in [3.63, 3.8) is 0 Å². The highest BCUT2D eigenvalue weighted by molar-refractivity contribution is 7.66. The van der Waals surface area contributed by atoms with Crippen LogP contribution in [-0.4, -0.2) is 179 Å². The molecule has 3 saturated heterocycles. The van der Waals surface area contributed by atoms with Gasteiger partial charge in [0.1, 0.15) is 54.6 Å². The number of aliphatic hydroxyl groups excluding tert-OH is 3. The molecule has 9 heterocycles. The molecule has 0 bridgehead atoms. The van der Waals surface area contributed by atoms with Gasteiger partial charge in [0.2, 0.25) is 17.7 Å². The fourth-order valence-corrected chi connectivity index (χ4v) is 13.5. The van der Waals surface area contributed by atoms with Crippen molar-refractivity contribution in [2.45, 2.75) is 80.9 Å². The number of imidazole rings is 3. The average Bonchev–Trinajstić information content (AvgIpc) is 3.79. The second-order valence-corrected chi connectivity index (χ2v) is 24.1. The summed E-state index contributed by atoms with van der Waals surface area (Å²) in [7, 11) is -21.4. The largest absolute Gasteiger partial charge is 0.756 e. The number of carbonyl (C=O) groups excluding carboxylic acids is 1. The number of methoxy groups -OCH3 is 1. The van der Waals surface area contributed by atoms with E-state index in [9.17, 15) is 67.5 Å². The van der Waals surface area contributed by atoms with Crippen molar-refractivity contribution in [1.29, 1.82) is 0 Å². The number of H-pyrrole nitrogens is 2. The van der Waals surface area contributed by atoms with Crippen LogP contribution < -0.4 is 43.1 Å². The van der Waals surface area contributed by atoms with Gasteiger partial charge in [-0.05, 0) is 6.42 Å². The minimum absolute atomic E-state index is 0.0144. The van der Waals surface area contributed by atoms with Crippen LogP contribution in [0.1, 0.15) is 32.0 Å². The van der Waals surface area contributed by atoms with E-state index in [1.807, 2.05) is 0 Å². The third-order valence-corrected chi connectivity index (χ3v) is 17.9. The summed E-state index contributed by atoms with van der Waals surface area (Å²) in [6.07, 6.45) is -14.3. The fraction of sp³-hybridized carbons (Fsp3) is 0.568. The molecule has 3 aliphatic heterocycles. The molecule has 16 atom stereocenters. The van der Waals surface area contributed by atoms with Crippen molar-refractivity contribution >= 4 is 88.6 Å².